The predicted molar refractivity (Wildman–Crippen MR) is 103 cm³/mol. The number of hydrogen-bond acceptors (Lipinski definition) is 3. The highest BCUT2D eigenvalue weighted by atomic mass is 16.2. The third kappa shape index (κ3) is 4.16. The summed E-state index contributed by atoms with van der Waals surface area (Å²) in [7, 11) is 1.63. The molecule has 1 aliphatic rings. The molecule has 1 N–H and O–H groups in total. The molecular formula is C21H23N3O3. The maximum Gasteiger partial charge on any atom is 0.312 e. The first kappa shape index (κ1) is 18.6. The lowest BCUT2D eigenvalue weighted by Crippen LogP contribution is -2.52. The quantitative estimate of drug-likeness (QED) is 0.846. The van der Waals surface area contributed by atoms with Crippen LogP contribution in [0.4, 0.5) is 5.69 Å². The molecule has 2 aromatic carbocycles. The van der Waals surface area contributed by atoms with Crippen LogP contribution >= 0.6 is 0 Å². The summed E-state index contributed by atoms with van der Waals surface area (Å²) < 4.78 is 0. The molecule has 0 radical (unpaired) electrons. The minimum Gasteiger partial charge on any atom is -0.336 e. The van der Waals surface area contributed by atoms with Crippen molar-refractivity contribution >= 4 is 23.4 Å². The third-order valence-corrected chi connectivity index (χ3v) is 4.88. The average molecular weight is 365 g/mol. The van der Waals surface area contributed by atoms with Gasteiger partial charge >= 0.3 is 11.8 Å². The lowest BCUT2D eigenvalue weighted by molar-refractivity contribution is -0.155. The molecule has 0 aromatic heterocycles. The highest BCUT2D eigenvalue weighted by Crippen LogP contribution is 2.16. The Balaban J connectivity index is 1.64. The van der Waals surface area contributed by atoms with Gasteiger partial charge in [-0.1, -0.05) is 18.2 Å². The molecule has 6 heteroatoms. The van der Waals surface area contributed by atoms with Crippen LogP contribution in [-0.4, -0.2) is 47.7 Å². The van der Waals surface area contributed by atoms with Crippen LogP contribution in [0, 0.1) is 13.8 Å². The Bertz CT molecular complexity index is 890. The number of nitrogens with zero attached hydrogens (tertiary/aromatic N) is 2. The van der Waals surface area contributed by atoms with Gasteiger partial charge in [-0.3, -0.25) is 14.4 Å². The summed E-state index contributed by atoms with van der Waals surface area (Å²) in [5.74, 6) is -1.15. The minimum absolute atomic E-state index is 0.185. The molecule has 1 aliphatic heterocycles. The van der Waals surface area contributed by atoms with Crippen LogP contribution in [0.3, 0.4) is 0 Å². The molecule has 27 heavy (non-hydrogen) atoms. The molecule has 0 atom stereocenters. The highest BCUT2D eigenvalue weighted by molar-refractivity contribution is 6.35. The average Bonchev–Trinajstić information content (AvgIpc) is 2.66. The van der Waals surface area contributed by atoms with Gasteiger partial charge in [0.25, 0.3) is 5.91 Å². The Morgan fingerprint density at radius 3 is 2.33 bits per heavy atom. The number of carbonyl (C=O) groups is 3. The number of amides is 3. The Hall–Kier alpha value is -3.15. The van der Waals surface area contributed by atoms with Gasteiger partial charge in [0.15, 0.2) is 0 Å². The molecule has 6 nitrogen and oxygen atoms in total. The number of piperazine rings is 1. The fourth-order valence-electron chi connectivity index (χ4n) is 2.93. The van der Waals surface area contributed by atoms with Crippen LogP contribution in [-0.2, 0) is 16.1 Å². The van der Waals surface area contributed by atoms with Gasteiger partial charge in [0.1, 0.15) is 0 Å². The topological polar surface area (TPSA) is 69.7 Å². The number of benzene rings is 2. The van der Waals surface area contributed by atoms with Gasteiger partial charge in [-0.2, -0.15) is 0 Å². The fraction of sp³-hybridized carbons (Fsp3) is 0.286. The van der Waals surface area contributed by atoms with E-state index in [-0.39, 0.29) is 5.91 Å². The SMILES string of the molecule is Cc1ccc(NC(=O)c2ccc(CN3CCN(C)C(=O)C3=O)cc2)cc1C. The molecule has 0 spiro atoms. The van der Waals surface area contributed by atoms with Gasteiger partial charge in [-0.15, -0.1) is 0 Å². The number of likely N-dealkylation sites (N-methyl/N-ethyl adjacent to an activating group) is 1. The Kier molecular flexibility index (Phi) is 5.26. The summed E-state index contributed by atoms with van der Waals surface area (Å²) in [4.78, 5) is 39.2. The van der Waals surface area contributed by atoms with E-state index in [9.17, 15) is 14.4 Å². The first-order chi connectivity index (χ1) is 12.8. The van der Waals surface area contributed by atoms with E-state index < -0.39 is 11.8 Å². The van der Waals surface area contributed by atoms with E-state index in [2.05, 4.69) is 5.32 Å². The third-order valence-electron chi connectivity index (χ3n) is 4.88. The maximum atomic E-state index is 12.4. The largest absolute Gasteiger partial charge is 0.336 e. The molecule has 0 aliphatic carbocycles. The van der Waals surface area contributed by atoms with Crippen LogP contribution in [0.2, 0.25) is 0 Å². The number of anilines is 1. The molecular weight excluding hydrogens is 342 g/mol. The number of rotatable bonds is 4. The molecule has 1 heterocycles. The number of carbonyl (C=O) groups excluding carboxylic acids is 3. The normalized spacial score (nSPS) is 14.5. The second-order valence-corrected chi connectivity index (χ2v) is 6.90. The second-order valence-electron chi connectivity index (χ2n) is 6.90. The van der Waals surface area contributed by atoms with Crippen LogP contribution in [0.1, 0.15) is 27.0 Å². The monoisotopic (exact) mass is 365 g/mol. The van der Waals surface area contributed by atoms with Crippen molar-refractivity contribution in [3.63, 3.8) is 0 Å². The number of aryl methyl sites for hydroxylation is 2. The van der Waals surface area contributed by atoms with Crippen molar-refractivity contribution < 1.29 is 14.4 Å². The first-order valence-corrected chi connectivity index (χ1v) is 8.87. The van der Waals surface area contributed by atoms with Crippen LogP contribution in [0.15, 0.2) is 42.5 Å². The zero-order chi connectivity index (χ0) is 19.6. The predicted octanol–water partition coefficient (Wildman–Crippen LogP) is 2.36. The van der Waals surface area contributed by atoms with Crippen molar-refractivity contribution in [1.29, 1.82) is 0 Å². The van der Waals surface area contributed by atoms with E-state index in [1.54, 1.807) is 19.2 Å². The zero-order valence-corrected chi connectivity index (χ0v) is 15.8. The van der Waals surface area contributed by atoms with Crippen molar-refractivity contribution in [3.8, 4) is 0 Å². The van der Waals surface area contributed by atoms with Crippen molar-refractivity contribution in [2.24, 2.45) is 0 Å². The van der Waals surface area contributed by atoms with Crippen LogP contribution in [0.25, 0.3) is 0 Å². The summed E-state index contributed by atoms with van der Waals surface area (Å²) in [6.07, 6.45) is 0. The molecule has 0 saturated carbocycles. The van der Waals surface area contributed by atoms with Gasteiger partial charge < -0.3 is 15.1 Å². The van der Waals surface area contributed by atoms with E-state index >= 15 is 0 Å². The van der Waals surface area contributed by atoms with Crippen molar-refractivity contribution in [2.45, 2.75) is 20.4 Å². The maximum absolute atomic E-state index is 12.4. The van der Waals surface area contributed by atoms with Gasteiger partial charge in [-0.05, 0) is 54.8 Å². The standard InChI is InChI=1S/C21H23N3O3/c1-14-4-9-18(12-15(14)2)22-19(25)17-7-5-16(6-8-17)13-24-11-10-23(3)20(26)21(24)27/h4-9,12H,10-11,13H2,1-3H3,(H,22,25). The smallest absolute Gasteiger partial charge is 0.312 e. The van der Waals surface area contributed by atoms with Crippen LogP contribution in [0.5, 0.6) is 0 Å². The lowest BCUT2D eigenvalue weighted by Gasteiger charge is -2.31. The van der Waals surface area contributed by atoms with Crippen LogP contribution < -0.4 is 5.32 Å². The Morgan fingerprint density at radius 1 is 0.963 bits per heavy atom. The van der Waals surface area contributed by atoms with Crippen molar-refractivity contribution in [3.05, 3.63) is 64.7 Å². The minimum atomic E-state index is -0.486. The first-order valence-electron chi connectivity index (χ1n) is 8.87. The molecule has 0 unspecified atom stereocenters. The van der Waals surface area contributed by atoms with Gasteiger partial charge in [-0.25, -0.2) is 0 Å². The summed E-state index contributed by atoms with van der Waals surface area (Å²) in [6.45, 7) is 5.43. The van der Waals surface area contributed by atoms with Crippen molar-refractivity contribution in [1.82, 2.24) is 9.80 Å². The van der Waals surface area contributed by atoms with E-state index in [1.165, 1.54) is 15.4 Å². The number of nitrogens with one attached hydrogen (secondary N) is 1. The molecule has 0 bridgehead atoms. The second kappa shape index (κ2) is 7.61. The van der Waals surface area contributed by atoms with Crippen molar-refractivity contribution in [2.75, 3.05) is 25.5 Å². The van der Waals surface area contributed by atoms with Gasteiger partial charge in [0.05, 0.1) is 0 Å². The zero-order valence-electron chi connectivity index (χ0n) is 15.8. The fourth-order valence-corrected chi connectivity index (χ4v) is 2.93. The lowest BCUT2D eigenvalue weighted by atomic mass is 10.1. The van der Waals surface area contributed by atoms with E-state index in [0.29, 0.717) is 25.2 Å². The Labute approximate surface area is 158 Å². The molecule has 3 amide bonds. The summed E-state index contributed by atoms with van der Waals surface area (Å²) >= 11 is 0. The molecule has 1 fully saturated rings. The molecule has 2 aromatic rings. The highest BCUT2D eigenvalue weighted by Gasteiger charge is 2.30. The summed E-state index contributed by atoms with van der Waals surface area (Å²) in [5.41, 5.74) is 4.47. The summed E-state index contributed by atoms with van der Waals surface area (Å²) in [5, 5.41) is 2.89. The van der Waals surface area contributed by atoms with Gasteiger partial charge in [0, 0.05) is 37.9 Å². The molecule has 3 rings (SSSR count). The van der Waals surface area contributed by atoms with E-state index in [0.717, 1.165) is 16.8 Å². The van der Waals surface area contributed by atoms with E-state index in [4.69, 9.17) is 0 Å². The van der Waals surface area contributed by atoms with E-state index in [1.807, 2.05) is 44.2 Å². The van der Waals surface area contributed by atoms with Gasteiger partial charge in [0.2, 0.25) is 0 Å². The number of hydrogen-bond donors (Lipinski definition) is 1. The summed E-state index contributed by atoms with van der Waals surface area (Å²) in [6, 6.07) is 12.9. The molecule has 1 saturated heterocycles. The Morgan fingerprint density at radius 2 is 1.67 bits per heavy atom. The molecule has 140 valence electrons.